The lowest BCUT2D eigenvalue weighted by Gasteiger charge is -2.29. The lowest BCUT2D eigenvalue weighted by atomic mass is 9.77. The molecule has 4 rings (SSSR count). The minimum absolute atomic E-state index is 0.0327. The van der Waals surface area contributed by atoms with E-state index in [1.54, 1.807) is 13.0 Å². The smallest absolute Gasteiger partial charge is 0.201 e. The molecular weight excluding hydrogens is 462 g/mol. The van der Waals surface area contributed by atoms with E-state index in [2.05, 4.69) is 36.9 Å². The number of rotatable bonds is 11. The van der Waals surface area contributed by atoms with Gasteiger partial charge in [0.25, 0.3) is 0 Å². The summed E-state index contributed by atoms with van der Waals surface area (Å²) in [7, 11) is 0. The zero-order valence-corrected chi connectivity index (χ0v) is 22.6. The third kappa shape index (κ3) is 7.55. The Balaban J connectivity index is 1.20. The molecule has 2 aliphatic rings. The molecule has 0 amide bonds. The van der Waals surface area contributed by atoms with Crippen molar-refractivity contribution in [1.82, 2.24) is 0 Å². The lowest BCUT2D eigenvalue weighted by molar-refractivity contribution is 0.296. The molecule has 0 radical (unpaired) electrons. The second-order valence-electron chi connectivity index (χ2n) is 11.2. The van der Waals surface area contributed by atoms with Gasteiger partial charge in [-0.1, -0.05) is 42.5 Å². The number of allylic oxidation sites excluding steroid dienone is 3. The van der Waals surface area contributed by atoms with Crippen molar-refractivity contribution < 1.29 is 13.5 Å². The first-order valence-electron chi connectivity index (χ1n) is 14.6. The van der Waals surface area contributed by atoms with Gasteiger partial charge >= 0.3 is 0 Å². The first-order valence-corrected chi connectivity index (χ1v) is 14.6. The quantitative estimate of drug-likeness (QED) is 0.275. The van der Waals surface area contributed by atoms with Crippen molar-refractivity contribution in [2.75, 3.05) is 6.61 Å². The Morgan fingerprint density at radius 1 is 0.811 bits per heavy atom. The van der Waals surface area contributed by atoms with Crippen molar-refractivity contribution in [3.63, 3.8) is 0 Å². The van der Waals surface area contributed by atoms with Gasteiger partial charge in [0.1, 0.15) is 0 Å². The van der Waals surface area contributed by atoms with E-state index in [1.807, 2.05) is 12.1 Å². The molecule has 2 aromatic carbocycles. The van der Waals surface area contributed by atoms with Gasteiger partial charge in [-0.15, -0.1) is 6.58 Å². The largest absolute Gasteiger partial charge is 0.491 e. The number of hydrogen-bond donors (Lipinski definition) is 0. The van der Waals surface area contributed by atoms with Gasteiger partial charge in [-0.2, -0.15) is 4.39 Å². The van der Waals surface area contributed by atoms with Crippen molar-refractivity contribution in [2.24, 2.45) is 17.8 Å². The van der Waals surface area contributed by atoms with Crippen molar-refractivity contribution in [3.8, 4) is 16.9 Å². The summed E-state index contributed by atoms with van der Waals surface area (Å²) < 4.78 is 34.1. The predicted molar refractivity (Wildman–Crippen MR) is 151 cm³/mol. The first-order chi connectivity index (χ1) is 18.1. The number of benzene rings is 2. The Kier molecular flexibility index (Phi) is 10.4. The molecule has 1 nitrogen and oxygen atoms in total. The highest BCUT2D eigenvalue weighted by atomic mass is 19.2. The van der Waals surface area contributed by atoms with E-state index in [9.17, 15) is 8.78 Å². The maximum Gasteiger partial charge on any atom is 0.201 e. The van der Waals surface area contributed by atoms with E-state index in [1.165, 1.54) is 88.7 Å². The van der Waals surface area contributed by atoms with E-state index in [-0.39, 0.29) is 11.3 Å². The highest BCUT2D eigenvalue weighted by molar-refractivity contribution is 5.65. The number of ether oxygens (including phenoxy) is 1. The summed E-state index contributed by atoms with van der Waals surface area (Å²) in [6.07, 6.45) is 22.6. The zero-order valence-electron chi connectivity index (χ0n) is 22.6. The average Bonchev–Trinajstić information content (AvgIpc) is 2.94. The van der Waals surface area contributed by atoms with Crippen molar-refractivity contribution in [2.45, 2.75) is 89.9 Å². The number of hydrogen-bond acceptors (Lipinski definition) is 1. The number of halogens is 2. The fraction of sp³-hybridized carbons (Fsp3) is 0.529. The summed E-state index contributed by atoms with van der Waals surface area (Å²) in [5.74, 6) is 1.33. The molecule has 3 heteroatoms. The Morgan fingerprint density at radius 3 is 2.11 bits per heavy atom. The van der Waals surface area contributed by atoms with Gasteiger partial charge in [0.2, 0.25) is 5.82 Å². The van der Waals surface area contributed by atoms with Crippen LogP contribution in [0.5, 0.6) is 5.75 Å². The van der Waals surface area contributed by atoms with Gasteiger partial charge in [0, 0.05) is 5.56 Å². The minimum Gasteiger partial charge on any atom is -0.491 e. The Hall–Kier alpha value is -2.42. The van der Waals surface area contributed by atoms with Crippen LogP contribution in [0.1, 0.15) is 95.5 Å². The second kappa shape index (κ2) is 13.9. The van der Waals surface area contributed by atoms with Crippen molar-refractivity contribution in [3.05, 3.63) is 78.4 Å². The van der Waals surface area contributed by atoms with Crippen LogP contribution in [-0.2, 0) is 0 Å². The van der Waals surface area contributed by atoms with Gasteiger partial charge in [-0.25, -0.2) is 4.39 Å². The molecule has 0 atom stereocenters. The van der Waals surface area contributed by atoms with Crippen LogP contribution in [-0.4, -0.2) is 6.61 Å². The summed E-state index contributed by atoms with van der Waals surface area (Å²) in [4.78, 5) is 0. The van der Waals surface area contributed by atoms with E-state index in [0.29, 0.717) is 18.1 Å². The molecule has 200 valence electrons. The third-order valence-corrected chi connectivity index (χ3v) is 8.71. The molecule has 0 bridgehead atoms. The highest BCUT2D eigenvalue weighted by Crippen LogP contribution is 2.39. The van der Waals surface area contributed by atoms with Crippen LogP contribution in [0.2, 0.25) is 0 Å². The molecule has 0 spiro atoms. The predicted octanol–water partition coefficient (Wildman–Crippen LogP) is 10.4. The standard InChI is InChI=1S/C34H44F2O/c1-3-5-8-25-11-13-26(14-12-25)9-6-7-10-27-15-17-28(18-16-27)29-19-21-30(22-20-29)31-23-24-32(37-4-2)34(36)33(31)35/h3,6,9,19-28H,1,4-5,7-8,10-18H2,2H3/b9-6+. The monoisotopic (exact) mass is 506 g/mol. The molecule has 2 saturated carbocycles. The topological polar surface area (TPSA) is 9.23 Å². The molecule has 0 aromatic heterocycles. The van der Waals surface area contributed by atoms with Gasteiger partial charge < -0.3 is 4.74 Å². The summed E-state index contributed by atoms with van der Waals surface area (Å²) in [5.41, 5.74) is 2.30. The Morgan fingerprint density at radius 2 is 1.46 bits per heavy atom. The van der Waals surface area contributed by atoms with Crippen LogP contribution in [0.15, 0.2) is 61.2 Å². The van der Waals surface area contributed by atoms with Crippen LogP contribution in [0.4, 0.5) is 8.78 Å². The van der Waals surface area contributed by atoms with Crippen LogP contribution in [0, 0.1) is 29.4 Å². The molecule has 2 aromatic rings. The fourth-order valence-corrected chi connectivity index (χ4v) is 6.38. The maximum absolute atomic E-state index is 14.6. The zero-order chi connectivity index (χ0) is 26.0. The molecule has 0 aliphatic heterocycles. The molecule has 37 heavy (non-hydrogen) atoms. The minimum atomic E-state index is -0.914. The van der Waals surface area contributed by atoms with E-state index in [0.717, 1.165) is 17.8 Å². The molecule has 0 unspecified atom stereocenters. The molecule has 0 saturated heterocycles. The fourth-order valence-electron chi connectivity index (χ4n) is 6.38. The molecule has 2 fully saturated rings. The average molecular weight is 507 g/mol. The Bertz CT molecular complexity index is 1010. The maximum atomic E-state index is 14.6. The van der Waals surface area contributed by atoms with Crippen molar-refractivity contribution >= 4 is 0 Å². The van der Waals surface area contributed by atoms with Gasteiger partial charge in [-0.05, 0) is 131 Å². The van der Waals surface area contributed by atoms with Gasteiger partial charge in [0.15, 0.2) is 11.6 Å². The van der Waals surface area contributed by atoms with E-state index in [4.69, 9.17) is 4.74 Å². The van der Waals surface area contributed by atoms with Crippen LogP contribution >= 0.6 is 0 Å². The molecule has 0 heterocycles. The molecular formula is C34H44F2O. The molecule has 0 N–H and O–H groups in total. The van der Waals surface area contributed by atoms with Crippen LogP contribution < -0.4 is 4.74 Å². The molecule has 2 aliphatic carbocycles. The normalized spacial score (nSPS) is 24.3. The first kappa shape index (κ1) is 27.6. The van der Waals surface area contributed by atoms with E-state index < -0.39 is 11.6 Å². The summed E-state index contributed by atoms with van der Waals surface area (Å²) >= 11 is 0. The Labute approximate surface area is 223 Å². The van der Waals surface area contributed by atoms with Gasteiger partial charge in [0.05, 0.1) is 6.61 Å². The van der Waals surface area contributed by atoms with Crippen LogP contribution in [0.3, 0.4) is 0 Å². The summed E-state index contributed by atoms with van der Waals surface area (Å²) in [6, 6.07) is 11.2. The second-order valence-corrected chi connectivity index (χ2v) is 11.2. The third-order valence-electron chi connectivity index (χ3n) is 8.71. The van der Waals surface area contributed by atoms with Crippen molar-refractivity contribution in [1.29, 1.82) is 0 Å². The SMILES string of the molecule is C=CCCC1CCC(/C=C/CCC2CCC(c3ccc(-c4ccc(OCC)c(F)c4F)cc3)CC2)CC1. The van der Waals surface area contributed by atoms with E-state index >= 15 is 0 Å². The van der Waals surface area contributed by atoms with Gasteiger partial charge in [-0.3, -0.25) is 0 Å². The summed E-state index contributed by atoms with van der Waals surface area (Å²) in [6.45, 7) is 5.92. The highest BCUT2D eigenvalue weighted by Gasteiger charge is 2.23. The van der Waals surface area contributed by atoms with Crippen LogP contribution in [0.25, 0.3) is 11.1 Å². The summed E-state index contributed by atoms with van der Waals surface area (Å²) in [5, 5.41) is 0. The lowest BCUT2D eigenvalue weighted by Crippen LogP contribution is -2.13.